The molecule has 0 bridgehead atoms. The van der Waals surface area contributed by atoms with Crippen LogP contribution in [0.4, 0.5) is 0 Å². The highest BCUT2D eigenvalue weighted by Gasteiger charge is 2.26. The Labute approximate surface area is 113 Å². The maximum absolute atomic E-state index is 10.2. The fourth-order valence-electron chi connectivity index (χ4n) is 3.48. The van der Waals surface area contributed by atoms with E-state index in [1.165, 1.54) is 82.6 Å². The Kier molecular flexibility index (Phi) is 5.59. The fraction of sp³-hybridized carbons (Fsp3) is 0.882. The van der Waals surface area contributed by atoms with Crippen molar-refractivity contribution in [1.29, 1.82) is 0 Å². The molecule has 18 heavy (non-hydrogen) atoms. The van der Waals surface area contributed by atoms with Crippen LogP contribution in [0, 0.1) is 11.8 Å². The monoisotopic (exact) mass is 250 g/mol. The van der Waals surface area contributed by atoms with Gasteiger partial charge in [-0.1, -0.05) is 39.0 Å². The van der Waals surface area contributed by atoms with Gasteiger partial charge in [0.05, 0.1) is 5.76 Å². The molecule has 1 nitrogen and oxygen atoms in total. The van der Waals surface area contributed by atoms with Gasteiger partial charge in [0.2, 0.25) is 0 Å². The summed E-state index contributed by atoms with van der Waals surface area (Å²) in [5.41, 5.74) is 1.38. The Morgan fingerprint density at radius 1 is 1.06 bits per heavy atom. The summed E-state index contributed by atoms with van der Waals surface area (Å²) in [5, 5.41) is 10.2. The van der Waals surface area contributed by atoms with Gasteiger partial charge in [-0.25, -0.2) is 0 Å². The highest BCUT2D eigenvalue weighted by molar-refractivity contribution is 5.16. The Bertz CT molecular complexity index is 265. The summed E-state index contributed by atoms with van der Waals surface area (Å²) in [4.78, 5) is 0. The molecule has 1 N–H and O–H groups in total. The second kappa shape index (κ2) is 7.21. The Morgan fingerprint density at radius 3 is 2.33 bits per heavy atom. The number of unbranched alkanes of at least 4 members (excludes halogenated alkanes) is 3. The highest BCUT2D eigenvalue weighted by atomic mass is 16.3. The SMILES string of the molecule is CCCCCCC1CCC(C(O)=C2CCC2)CC1. The summed E-state index contributed by atoms with van der Waals surface area (Å²) in [6.07, 6.45) is 15.9. The lowest BCUT2D eigenvalue weighted by Gasteiger charge is -2.31. The summed E-state index contributed by atoms with van der Waals surface area (Å²) < 4.78 is 0. The van der Waals surface area contributed by atoms with E-state index in [1.54, 1.807) is 0 Å². The lowest BCUT2D eigenvalue weighted by molar-refractivity contribution is 0.218. The van der Waals surface area contributed by atoms with Gasteiger partial charge in [0.15, 0.2) is 0 Å². The molecule has 0 saturated heterocycles. The molecule has 0 radical (unpaired) electrons. The molecule has 0 aromatic heterocycles. The van der Waals surface area contributed by atoms with Gasteiger partial charge in [-0.15, -0.1) is 0 Å². The molecule has 0 unspecified atom stereocenters. The molecule has 0 aromatic rings. The predicted octanol–water partition coefficient (Wildman–Crippen LogP) is 5.76. The first-order valence-corrected chi connectivity index (χ1v) is 8.22. The minimum atomic E-state index is 0.521. The van der Waals surface area contributed by atoms with E-state index < -0.39 is 0 Å². The molecule has 2 fully saturated rings. The quantitative estimate of drug-likeness (QED) is 0.469. The highest BCUT2D eigenvalue weighted by Crippen LogP contribution is 2.39. The van der Waals surface area contributed by atoms with Crippen molar-refractivity contribution >= 4 is 0 Å². The van der Waals surface area contributed by atoms with E-state index in [2.05, 4.69) is 6.92 Å². The number of hydrogen-bond acceptors (Lipinski definition) is 1. The predicted molar refractivity (Wildman–Crippen MR) is 77.7 cm³/mol. The van der Waals surface area contributed by atoms with Crippen LogP contribution in [-0.4, -0.2) is 5.11 Å². The van der Waals surface area contributed by atoms with Crippen molar-refractivity contribution in [2.45, 2.75) is 84.0 Å². The molecule has 0 heterocycles. The van der Waals surface area contributed by atoms with E-state index >= 15 is 0 Å². The molecular weight excluding hydrogens is 220 g/mol. The van der Waals surface area contributed by atoms with Crippen LogP contribution in [0.3, 0.4) is 0 Å². The summed E-state index contributed by atoms with van der Waals surface area (Å²) in [6, 6.07) is 0. The zero-order valence-electron chi connectivity index (χ0n) is 12.1. The lowest BCUT2D eigenvalue weighted by atomic mass is 9.76. The molecular formula is C17H30O. The average Bonchev–Trinajstić information content (AvgIpc) is 2.33. The van der Waals surface area contributed by atoms with Gasteiger partial charge < -0.3 is 5.11 Å². The van der Waals surface area contributed by atoms with Gasteiger partial charge in [-0.2, -0.15) is 0 Å². The van der Waals surface area contributed by atoms with E-state index in [1.807, 2.05) is 0 Å². The molecule has 0 aliphatic heterocycles. The van der Waals surface area contributed by atoms with Crippen LogP contribution in [0.1, 0.15) is 84.0 Å². The fourth-order valence-corrected chi connectivity index (χ4v) is 3.48. The topological polar surface area (TPSA) is 20.2 Å². The van der Waals surface area contributed by atoms with Crippen molar-refractivity contribution in [3.8, 4) is 0 Å². The Morgan fingerprint density at radius 2 is 1.78 bits per heavy atom. The molecule has 2 rings (SSSR count). The largest absolute Gasteiger partial charge is 0.512 e. The van der Waals surface area contributed by atoms with E-state index in [-0.39, 0.29) is 0 Å². The van der Waals surface area contributed by atoms with Crippen molar-refractivity contribution < 1.29 is 5.11 Å². The third kappa shape index (κ3) is 3.76. The third-order valence-corrected chi connectivity index (χ3v) is 5.02. The second-order valence-corrected chi connectivity index (χ2v) is 6.41. The first kappa shape index (κ1) is 14.0. The molecule has 2 aliphatic carbocycles. The molecule has 0 aromatic carbocycles. The summed E-state index contributed by atoms with van der Waals surface area (Å²) in [6.45, 7) is 2.28. The van der Waals surface area contributed by atoms with Crippen LogP contribution >= 0.6 is 0 Å². The van der Waals surface area contributed by atoms with Crippen molar-refractivity contribution in [2.75, 3.05) is 0 Å². The molecule has 0 amide bonds. The van der Waals surface area contributed by atoms with Gasteiger partial charge in [0, 0.05) is 5.92 Å². The molecule has 0 atom stereocenters. The Hall–Kier alpha value is -0.460. The summed E-state index contributed by atoms with van der Waals surface area (Å²) in [7, 11) is 0. The van der Waals surface area contributed by atoms with Crippen LogP contribution in [0.2, 0.25) is 0 Å². The normalized spacial score (nSPS) is 27.9. The van der Waals surface area contributed by atoms with E-state index in [0.717, 1.165) is 11.7 Å². The zero-order chi connectivity index (χ0) is 12.8. The average molecular weight is 250 g/mol. The van der Waals surface area contributed by atoms with Crippen LogP contribution in [0.25, 0.3) is 0 Å². The van der Waals surface area contributed by atoms with E-state index in [0.29, 0.717) is 5.92 Å². The standard InChI is InChI=1S/C17H30O/c1-2-3-4-5-7-14-10-12-16(13-11-14)17(18)15-8-6-9-15/h14,16,18H,2-13H2,1H3. The Balaban J connectivity index is 1.65. The van der Waals surface area contributed by atoms with Gasteiger partial charge in [-0.3, -0.25) is 0 Å². The van der Waals surface area contributed by atoms with Crippen molar-refractivity contribution in [3.05, 3.63) is 11.3 Å². The van der Waals surface area contributed by atoms with Crippen LogP contribution in [0.15, 0.2) is 11.3 Å². The second-order valence-electron chi connectivity index (χ2n) is 6.41. The van der Waals surface area contributed by atoms with E-state index in [4.69, 9.17) is 0 Å². The maximum atomic E-state index is 10.2. The van der Waals surface area contributed by atoms with Gasteiger partial charge in [0.1, 0.15) is 0 Å². The smallest absolute Gasteiger partial charge is 0.0945 e. The first-order chi connectivity index (χ1) is 8.81. The third-order valence-electron chi connectivity index (χ3n) is 5.02. The summed E-state index contributed by atoms with van der Waals surface area (Å²) >= 11 is 0. The van der Waals surface area contributed by atoms with Gasteiger partial charge in [0.25, 0.3) is 0 Å². The minimum Gasteiger partial charge on any atom is -0.512 e. The van der Waals surface area contributed by atoms with Crippen LogP contribution in [0.5, 0.6) is 0 Å². The molecule has 1 heteroatoms. The minimum absolute atomic E-state index is 0.521. The van der Waals surface area contributed by atoms with Crippen molar-refractivity contribution in [2.24, 2.45) is 11.8 Å². The van der Waals surface area contributed by atoms with Crippen molar-refractivity contribution in [1.82, 2.24) is 0 Å². The maximum Gasteiger partial charge on any atom is 0.0945 e. The van der Waals surface area contributed by atoms with E-state index in [9.17, 15) is 5.11 Å². The zero-order valence-corrected chi connectivity index (χ0v) is 12.1. The number of hydrogen-bond donors (Lipinski definition) is 1. The molecule has 0 spiro atoms. The van der Waals surface area contributed by atoms with Gasteiger partial charge in [-0.05, 0) is 56.4 Å². The molecule has 2 aliphatic rings. The van der Waals surface area contributed by atoms with Gasteiger partial charge >= 0.3 is 0 Å². The number of rotatable bonds is 6. The summed E-state index contributed by atoms with van der Waals surface area (Å²) in [5.74, 6) is 2.27. The van der Waals surface area contributed by atoms with Crippen LogP contribution < -0.4 is 0 Å². The molecule has 2 saturated carbocycles. The lowest BCUT2D eigenvalue weighted by Crippen LogP contribution is -2.18. The van der Waals surface area contributed by atoms with Crippen LogP contribution in [-0.2, 0) is 0 Å². The number of allylic oxidation sites excluding steroid dienone is 2. The number of aliphatic hydroxyl groups is 1. The van der Waals surface area contributed by atoms with Crippen molar-refractivity contribution in [3.63, 3.8) is 0 Å². The first-order valence-electron chi connectivity index (χ1n) is 8.22. The molecule has 104 valence electrons. The number of aliphatic hydroxyl groups excluding tert-OH is 1.